The van der Waals surface area contributed by atoms with Crippen molar-refractivity contribution in [1.82, 2.24) is 19.8 Å². The molecular formula is C35H34N4O4. The number of aromatic nitrogens is 2. The average molecular weight is 575 g/mol. The standard InChI is InChI=1S/C35H34N4O4/c40-24(19-38-16-7-2-8-17-38)20-39-21-27(31-29(39)14-9-15-30(31)43-22-23-10-3-1-4-11-23)33-32(34(41)37-35(33)42)26-18-36-28-13-6-5-12-25(26)28/h1,3-6,9-15,18,21,24,36,40H,2,7-8,16-17,19-20,22H2,(H,37,41,42). The van der Waals surface area contributed by atoms with E-state index in [4.69, 9.17) is 4.74 Å². The van der Waals surface area contributed by atoms with Crippen LogP contribution < -0.4 is 10.1 Å². The number of aromatic amines is 1. The third-order valence-electron chi connectivity index (χ3n) is 8.49. The zero-order valence-corrected chi connectivity index (χ0v) is 23.9. The van der Waals surface area contributed by atoms with Gasteiger partial charge in [-0.2, -0.15) is 0 Å². The van der Waals surface area contributed by atoms with Gasteiger partial charge in [0.25, 0.3) is 11.8 Å². The van der Waals surface area contributed by atoms with Gasteiger partial charge in [0.15, 0.2) is 0 Å². The topological polar surface area (TPSA) is 99.6 Å². The minimum atomic E-state index is -0.600. The summed E-state index contributed by atoms with van der Waals surface area (Å²) in [6.45, 7) is 3.27. The Kier molecular flexibility index (Phi) is 7.30. The van der Waals surface area contributed by atoms with Crippen LogP contribution in [-0.2, 0) is 22.7 Å². The van der Waals surface area contributed by atoms with E-state index < -0.39 is 17.9 Å². The van der Waals surface area contributed by atoms with Crippen LogP contribution in [0.15, 0.2) is 85.2 Å². The molecule has 7 rings (SSSR count). The lowest BCUT2D eigenvalue weighted by atomic mass is 9.95. The Bertz CT molecular complexity index is 1850. The molecule has 0 bridgehead atoms. The monoisotopic (exact) mass is 574 g/mol. The van der Waals surface area contributed by atoms with Gasteiger partial charge in [-0.1, -0.05) is 61.0 Å². The number of amides is 2. The van der Waals surface area contributed by atoms with Gasteiger partial charge in [-0.25, -0.2) is 0 Å². The number of nitrogens with one attached hydrogen (secondary N) is 2. The Labute approximate surface area is 249 Å². The molecule has 43 heavy (non-hydrogen) atoms. The van der Waals surface area contributed by atoms with E-state index in [0.29, 0.717) is 47.7 Å². The minimum Gasteiger partial charge on any atom is -0.488 e. The fourth-order valence-electron chi connectivity index (χ4n) is 6.49. The summed E-state index contributed by atoms with van der Waals surface area (Å²) in [7, 11) is 0. The van der Waals surface area contributed by atoms with Crippen LogP contribution in [0, 0.1) is 0 Å². The lowest BCUT2D eigenvalue weighted by molar-refractivity contribution is -0.122. The van der Waals surface area contributed by atoms with Gasteiger partial charge in [0.2, 0.25) is 0 Å². The summed E-state index contributed by atoms with van der Waals surface area (Å²) in [5.41, 5.74) is 4.64. The molecule has 0 aliphatic carbocycles. The number of carbonyl (C=O) groups is 2. The van der Waals surface area contributed by atoms with Crippen molar-refractivity contribution in [2.45, 2.75) is 38.5 Å². The van der Waals surface area contributed by atoms with Gasteiger partial charge in [-0.15, -0.1) is 0 Å². The number of carbonyl (C=O) groups excluding carboxylic acids is 2. The number of hydrogen-bond acceptors (Lipinski definition) is 5. The Morgan fingerprint density at radius 2 is 1.56 bits per heavy atom. The van der Waals surface area contributed by atoms with E-state index in [-0.39, 0.29) is 0 Å². The smallest absolute Gasteiger partial charge is 0.259 e. The molecule has 8 heteroatoms. The highest BCUT2D eigenvalue weighted by Gasteiger charge is 2.36. The van der Waals surface area contributed by atoms with Crippen LogP contribution >= 0.6 is 0 Å². The van der Waals surface area contributed by atoms with E-state index in [1.54, 1.807) is 6.20 Å². The van der Waals surface area contributed by atoms with Crippen molar-refractivity contribution in [3.05, 3.63) is 102 Å². The van der Waals surface area contributed by atoms with Crippen LogP contribution in [0.4, 0.5) is 0 Å². The molecule has 3 N–H and O–H groups in total. The van der Waals surface area contributed by atoms with Crippen molar-refractivity contribution in [1.29, 1.82) is 0 Å². The lowest BCUT2D eigenvalue weighted by Crippen LogP contribution is -2.37. The Balaban J connectivity index is 1.36. The number of nitrogens with zero attached hydrogens (tertiary/aromatic N) is 2. The molecule has 2 aliphatic heterocycles. The zero-order chi connectivity index (χ0) is 29.3. The Morgan fingerprint density at radius 3 is 2.37 bits per heavy atom. The molecule has 1 fully saturated rings. The largest absolute Gasteiger partial charge is 0.488 e. The van der Waals surface area contributed by atoms with Gasteiger partial charge in [0.1, 0.15) is 12.4 Å². The first-order valence-electron chi connectivity index (χ1n) is 14.9. The fourth-order valence-corrected chi connectivity index (χ4v) is 6.49. The van der Waals surface area contributed by atoms with Gasteiger partial charge in [-0.05, 0) is 49.7 Å². The minimum absolute atomic E-state index is 0.305. The molecule has 218 valence electrons. The second kappa shape index (κ2) is 11.6. The second-order valence-corrected chi connectivity index (χ2v) is 11.4. The van der Waals surface area contributed by atoms with E-state index in [9.17, 15) is 14.7 Å². The molecule has 1 unspecified atom stereocenters. The maximum Gasteiger partial charge on any atom is 0.259 e. The quantitative estimate of drug-likeness (QED) is 0.212. The Morgan fingerprint density at radius 1 is 0.814 bits per heavy atom. The third-order valence-corrected chi connectivity index (χ3v) is 8.49. The normalized spacial score (nSPS) is 16.8. The molecule has 0 spiro atoms. The number of H-pyrrole nitrogens is 1. The predicted octanol–water partition coefficient (Wildman–Crippen LogP) is 5.12. The molecule has 0 radical (unpaired) electrons. The number of imide groups is 1. The SMILES string of the molecule is O=C1NC(=O)C(c2cn(CC(O)CN3CCCCC3)c3cccc(OCc4ccccc4)c23)=C1c1c[nH]c2ccccc12. The number of ether oxygens (including phenoxy) is 1. The van der Waals surface area contributed by atoms with Gasteiger partial charge in [-0.3, -0.25) is 14.9 Å². The molecule has 0 saturated carbocycles. The van der Waals surface area contributed by atoms with Crippen molar-refractivity contribution >= 4 is 44.8 Å². The number of piperidine rings is 1. The van der Waals surface area contributed by atoms with Crippen LogP contribution in [0.2, 0.25) is 0 Å². The third kappa shape index (κ3) is 5.24. The van der Waals surface area contributed by atoms with Crippen molar-refractivity contribution < 1.29 is 19.4 Å². The molecule has 2 amide bonds. The highest BCUT2D eigenvalue weighted by molar-refractivity contribution is 6.51. The van der Waals surface area contributed by atoms with E-state index in [2.05, 4.69) is 15.2 Å². The van der Waals surface area contributed by atoms with Crippen LogP contribution in [0.1, 0.15) is 36.0 Å². The summed E-state index contributed by atoms with van der Waals surface area (Å²) in [6.07, 6.45) is 6.61. The average Bonchev–Trinajstić information content (AvgIpc) is 3.69. The first kappa shape index (κ1) is 27.2. The summed E-state index contributed by atoms with van der Waals surface area (Å²) in [5, 5.41) is 15.3. The number of β-amino-alcohol motifs (C(OH)–C–C–N with tert-alkyl or cyclic N) is 1. The van der Waals surface area contributed by atoms with Crippen LogP contribution in [0.5, 0.6) is 5.75 Å². The van der Waals surface area contributed by atoms with Gasteiger partial charge >= 0.3 is 0 Å². The van der Waals surface area contributed by atoms with E-state index in [0.717, 1.165) is 53.3 Å². The number of likely N-dealkylation sites (tertiary alicyclic amines) is 1. The lowest BCUT2D eigenvalue weighted by Gasteiger charge is -2.28. The molecule has 1 saturated heterocycles. The van der Waals surface area contributed by atoms with Crippen LogP contribution in [0.3, 0.4) is 0 Å². The van der Waals surface area contributed by atoms with E-state index in [1.165, 1.54) is 6.42 Å². The van der Waals surface area contributed by atoms with Crippen LogP contribution in [-0.4, -0.2) is 57.1 Å². The number of rotatable bonds is 9. The summed E-state index contributed by atoms with van der Waals surface area (Å²) >= 11 is 0. The number of aliphatic hydroxyl groups excluding tert-OH is 1. The first-order valence-corrected chi connectivity index (χ1v) is 14.9. The van der Waals surface area contributed by atoms with Crippen molar-refractivity contribution in [3.8, 4) is 5.75 Å². The molecule has 4 heterocycles. The van der Waals surface area contributed by atoms with E-state index >= 15 is 0 Å². The van der Waals surface area contributed by atoms with Crippen LogP contribution in [0.25, 0.3) is 33.0 Å². The Hall–Kier alpha value is -4.66. The summed E-state index contributed by atoms with van der Waals surface area (Å²) < 4.78 is 8.36. The fraction of sp³-hybridized carbons (Fsp3) is 0.257. The molecule has 2 aliphatic rings. The van der Waals surface area contributed by atoms with Crippen molar-refractivity contribution in [3.63, 3.8) is 0 Å². The van der Waals surface area contributed by atoms with Gasteiger partial charge < -0.3 is 24.3 Å². The molecule has 5 aromatic rings. The second-order valence-electron chi connectivity index (χ2n) is 11.4. The number of fused-ring (bicyclic) bond motifs is 2. The highest BCUT2D eigenvalue weighted by atomic mass is 16.5. The molecular weight excluding hydrogens is 540 g/mol. The van der Waals surface area contributed by atoms with E-state index in [1.807, 2.05) is 83.6 Å². The van der Waals surface area contributed by atoms with Gasteiger partial charge in [0.05, 0.1) is 22.8 Å². The number of benzene rings is 3. The summed E-state index contributed by atoms with van der Waals surface area (Å²) in [4.78, 5) is 32.5. The molecule has 2 aromatic heterocycles. The first-order chi connectivity index (χ1) is 21.1. The summed E-state index contributed by atoms with van der Waals surface area (Å²) in [5.74, 6) is -0.270. The number of para-hydroxylation sites is 1. The van der Waals surface area contributed by atoms with Crippen molar-refractivity contribution in [2.75, 3.05) is 19.6 Å². The maximum absolute atomic E-state index is 13.5. The molecule has 3 aromatic carbocycles. The zero-order valence-electron chi connectivity index (χ0n) is 23.9. The van der Waals surface area contributed by atoms with Gasteiger partial charge in [0, 0.05) is 52.9 Å². The molecule has 8 nitrogen and oxygen atoms in total. The van der Waals surface area contributed by atoms with Crippen molar-refractivity contribution in [2.24, 2.45) is 0 Å². The number of hydrogen-bond donors (Lipinski definition) is 3. The predicted molar refractivity (Wildman–Crippen MR) is 167 cm³/mol. The maximum atomic E-state index is 13.5. The molecule has 1 atom stereocenters. The summed E-state index contributed by atoms with van der Waals surface area (Å²) in [6, 6.07) is 23.4. The highest BCUT2D eigenvalue weighted by Crippen LogP contribution is 2.41. The number of aliphatic hydroxyl groups is 1.